The quantitative estimate of drug-likeness (QED) is 0.324. The molecule has 0 radical (unpaired) electrons. The number of carbonyl (C=O) groups excluding carboxylic acids is 2. The Bertz CT molecular complexity index is 1120. The first-order chi connectivity index (χ1) is 15.9. The standard InChI is InChI=1S/C25H25Cl2NO3S2/c1-3-32-10-8-31-25(30)22-14(2)28-19-12-16(21-5-4-9-33-21)13-20(29)24(19)23(22)15-6-7-17(26)18(27)11-15/h4-7,9,11,16,23,28H,3,8,10,12-13H2,1-2H3. The number of thiophene rings is 1. The van der Waals surface area contributed by atoms with Gasteiger partial charge >= 0.3 is 5.97 Å². The average molecular weight is 523 g/mol. The minimum Gasteiger partial charge on any atom is -0.461 e. The van der Waals surface area contributed by atoms with Crippen LogP contribution in [-0.4, -0.2) is 29.9 Å². The Balaban J connectivity index is 1.73. The monoisotopic (exact) mass is 521 g/mol. The topological polar surface area (TPSA) is 55.4 Å². The fourth-order valence-corrected chi connectivity index (χ4v) is 6.10. The number of allylic oxidation sites excluding steroid dienone is 3. The lowest BCUT2D eigenvalue weighted by Gasteiger charge is -2.36. The highest BCUT2D eigenvalue weighted by Gasteiger charge is 2.41. The summed E-state index contributed by atoms with van der Waals surface area (Å²) < 4.78 is 5.61. The molecule has 0 spiro atoms. The second kappa shape index (κ2) is 10.7. The van der Waals surface area contributed by atoms with E-state index in [2.05, 4.69) is 18.3 Å². The van der Waals surface area contributed by atoms with E-state index in [4.69, 9.17) is 27.9 Å². The first-order valence-corrected chi connectivity index (χ1v) is 13.7. The van der Waals surface area contributed by atoms with Gasteiger partial charge in [-0.05, 0) is 48.2 Å². The number of ketones is 1. The van der Waals surface area contributed by atoms with Crippen LogP contribution in [0.1, 0.15) is 49.0 Å². The molecular weight excluding hydrogens is 497 g/mol. The van der Waals surface area contributed by atoms with Crippen LogP contribution in [0.5, 0.6) is 0 Å². The summed E-state index contributed by atoms with van der Waals surface area (Å²) in [6, 6.07) is 9.38. The van der Waals surface area contributed by atoms with E-state index in [9.17, 15) is 9.59 Å². The summed E-state index contributed by atoms with van der Waals surface area (Å²) in [4.78, 5) is 27.9. The van der Waals surface area contributed by atoms with E-state index in [1.165, 1.54) is 4.88 Å². The van der Waals surface area contributed by atoms with Gasteiger partial charge < -0.3 is 10.1 Å². The number of halogens is 2. The van der Waals surface area contributed by atoms with Crippen LogP contribution in [0.2, 0.25) is 10.0 Å². The number of hydrogen-bond acceptors (Lipinski definition) is 6. The summed E-state index contributed by atoms with van der Waals surface area (Å²) in [6.45, 7) is 4.25. The lowest BCUT2D eigenvalue weighted by atomic mass is 9.72. The molecule has 1 aliphatic heterocycles. The lowest BCUT2D eigenvalue weighted by molar-refractivity contribution is -0.138. The molecule has 1 N–H and O–H groups in total. The van der Waals surface area contributed by atoms with Crippen LogP contribution in [0.25, 0.3) is 0 Å². The van der Waals surface area contributed by atoms with Crippen molar-refractivity contribution in [3.8, 4) is 0 Å². The van der Waals surface area contributed by atoms with E-state index in [1.54, 1.807) is 35.2 Å². The number of thioether (sulfide) groups is 1. The zero-order valence-corrected chi connectivity index (χ0v) is 21.6. The predicted molar refractivity (Wildman–Crippen MR) is 137 cm³/mol. The van der Waals surface area contributed by atoms with Gasteiger partial charge in [0.15, 0.2) is 5.78 Å². The molecule has 8 heteroatoms. The van der Waals surface area contributed by atoms with Crippen molar-refractivity contribution < 1.29 is 14.3 Å². The Morgan fingerprint density at radius 2 is 2.06 bits per heavy atom. The van der Waals surface area contributed by atoms with Crippen molar-refractivity contribution in [3.05, 3.63) is 78.7 Å². The largest absolute Gasteiger partial charge is 0.461 e. The molecule has 0 saturated carbocycles. The third kappa shape index (κ3) is 5.19. The fraction of sp³-hybridized carbons (Fsp3) is 0.360. The number of carbonyl (C=O) groups is 2. The van der Waals surface area contributed by atoms with Gasteiger partial charge in [0.05, 0.1) is 15.6 Å². The average Bonchev–Trinajstić information content (AvgIpc) is 3.32. The van der Waals surface area contributed by atoms with Gasteiger partial charge in [-0.25, -0.2) is 4.79 Å². The second-order valence-electron chi connectivity index (χ2n) is 8.04. The minimum absolute atomic E-state index is 0.0394. The number of dihydropyridines is 1. The molecule has 0 bridgehead atoms. The summed E-state index contributed by atoms with van der Waals surface area (Å²) in [5.74, 6) is 0.910. The van der Waals surface area contributed by atoms with Crippen molar-refractivity contribution in [2.24, 2.45) is 0 Å². The summed E-state index contributed by atoms with van der Waals surface area (Å²) >= 11 is 15.9. The Labute approximate surface area is 212 Å². The van der Waals surface area contributed by atoms with Crippen molar-refractivity contribution in [2.75, 3.05) is 18.1 Å². The third-order valence-electron chi connectivity index (χ3n) is 5.93. The van der Waals surface area contributed by atoms with Gasteiger partial charge in [-0.2, -0.15) is 11.8 Å². The van der Waals surface area contributed by atoms with E-state index in [0.717, 1.165) is 22.8 Å². The van der Waals surface area contributed by atoms with Crippen molar-refractivity contribution >= 4 is 58.1 Å². The molecule has 2 aliphatic rings. The molecule has 1 aromatic heterocycles. The Morgan fingerprint density at radius 1 is 1.24 bits per heavy atom. The van der Waals surface area contributed by atoms with Crippen LogP contribution in [0.4, 0.5) is 0 Å². The van der Waals surface area contributed by atoms with Gasteiger partial charge in [0.25, 0.3) is 0 Å². The Hall–Kier alpha value is -1.73. The van der Waals surface area contributed by atoms with Crippen molar-refractivity contribution in [3.63, 3.8) is 0 Å². The van der Waals surface area contributed by atoms with Crippen molar-refractivity contribution in [1.82, 2.24) is 5.32 Å². The summed E-state index contributed by atoms with van der Waals surface area (Å²) in [5, 5.41) is 6.23. The number of ether oxygens (including phenoxy) is 1. The fourth-order valence-electron chi connectivity index (χ4n) is 4.48. The highest BCUT2D eigenvalue weighted by Crippen LogP contribution is 2.47. The maximum atomic E-state index is 13.5. The molecular formula is C25H25Cl2NO3S2. The summed E-state index contributed by atoms with van der Waals surface area (Å²) in [5.41, 5.74) is 3.42. The van der Waals surface area contributed by atoms with Gasteiger partial charge in [-0.1, -0.05) is 42.3 Å². The summed E-state index contributed by atoms with van der Waals surface area (Å²) in [7, 11) is 0. The van der Waals surface area contributed by atoms with Crippen molar-refractivity contribution in [1.29, 1.82) is 0 Å². The van der Waals surface area contributed by atoms with E-state index < -0.39 is 11.9 Å². The molecule has 174 valence electrons. The van der Waals surface area contributed by atoms with E-state index >= 15 is 0 Å². The molecule has 1 aliphatic carbocycles. The molecule has 0 fully saturated rings. The first-order valence-electron chi connectivity index (χ1n) is 10.9. The molecule has 4 rings (SSSR count). The normalized spacial score (nSPS) is 20.5. The molecule has 33 heavy (non-hydrogen) atoms. The van der Waals surface area contributed by atoms with Gasteiger partial charge in [-0.3, -0.25) is 4.79 Å². The number of Topliss-reactive ketones (excluding diaryl/α,β-unsaturated/α-hetero) is 1. The molecule has 0 saturated heterocycles. The highest BCUT2D eigenvalue weighted by atomic mass is 35.5. The number of benzene rings is 1. The number of esters is 1. The molecule has 1 aromatic carbocycles. The zero-order valence-electron chi connectivity index (χ0n) is 18.5. The molecule has 2 atom stereocenters. The van der Waals surface area contributed by atoms with E-state index in [-0.39, 0.29) is 11.7 Å². The van der Waals surface area contributed by atoms with Gasteiger partial charge in [0, 0.05) is 45.9 Å². The van der Waals surface area contributed by atoms with Gasteiger partial charge in [0.2, 0.25) is 0 Å². The van der Waals surface area contributed by atoms with Crippen LogP contribution < -0.4 is 5.32 Å². The minimum atomic E-state index is -0.542. The number of rotatable bonds is 7. The SMILES string of the molecule is CCSCCOC(=O)C1=C(C)NC2=C(C(=O)CC(c3cccs3)C2)C1c1ccc(Cl)c(Cl)c1. The number of hydrogen-bond donors (Lipinski definition) is 1. The van der Waals surface area contributed by atoms with Gasteiger partial charge in [-0.15, -0.1) is 11.3 Å². The van der Waals surface area contributed by atoms with E-state index in [1.807, 2.05) is 24.4 Å². The van der Waals surface area contributed by atoms with Crippen LogP contribution in [-0.2, 0) is 14.3 Å². The molecule has 2 unspecified atom stereocenters. The Morgan fingerprint density at radius 3 is 2.76 bits per heavy atom. The predicted octanol–water partition coefficient (Wildman–Crippen LogP) is 6.71. The Kier molecular flexibility index (Phi) is 7.90. The lowest BCUT2D eigenvalue weighted by Crippen LogP contribution is -2.36. The van der Waals surface area contributed by atoms with Crippen LogP contribution in [0.3, 0.4) is 0 Å². The zero-order chi connectivity index (χ0) is 23.5. The maximum Gasteiger partial charge on any atom is 0.336 e. The molecule has 2 aromatic rings. The van der Waals surface area contributed by atoms with Crippen LogP contribution in [0, 0.1) is 0 Å². The third-order valence-corrected chi connectivity index (χ3v) is 8.57. The van der Waals surface area contributed by atoms with Gasteiger partial charge in [0.1, 0.15) is 6.61 Å². The highest BCUT2D eigenvalue weighted by molar-refractivity contribution is 7.99. The molecule has 4 nitrogen and oxygen atoms in total. The molecule has 0 amide bonds. The smallest absolute Gasteiger partial charge is 0.336 e. The van der Waals surface area contributed by atoms with Crippen LogP contribution in [0.15, 0.2) is 58.3 Å². The van der Waals surface area contributed by atoms with Crippen LogP contribution >= 0.6 is 46.3 Å². The summed E-state index contributed by atoms with van der Waals surface area (Å²) in [6.07, 6.45) is 1.12. The first kappa shape index (κ1) is 24.4. The van der Waals surface area contributed by atoms with E-state index in [0.29, 0.717) is 46.3 Å². The number of nitrogens with one attached hydrogen (secondary N) is 1. The second-order valence-corrected chi connectivity index (χ2v) is 11.2. The maximum absolute atomic E-state index is 13.5. The molecule has 2 heterocycles. The van der Waals surface area contributed by atoms with Crippen molar-refractivity contribution in [2.45, 2.75) is 38.5 Å².